The van der Waals surface area contributed by atoms with Crippen LogP contribution in [0.25, 0.3) is 22.8 Å². The molecule has 3 aromatic rings. The fraction of sp³-hybridized carbons (Fsp3) is 0.444. The first kappa shape index (κ1) is 25.3. The number of nitrogens with zero attached hydrogens (tertiary/aromatic N) is 3. The zero-order valence-corrected chi connectivity index (χ0v) is 20.6. The van der Waals surface area contributed by atoms with Crippen molar-refractivity contribution in [1.82, 2.24) is 15.0 Å². The standard InChI is InChI=1S/C27H28F3N3O4/c1-15(2)36-23-10-7-18(12-22(23)27(28,29)30)25-31-24(32-37-25)17-3-4-19-13-33(14-20(19)11-17)21-8-5-16(6-9-21)26(34)35/h3-4,7,10-12,15-16,21H,5-6,8-9,13-14H2,1-2H3,(H,34,35). The van der Waals surface area contributed by atoms with Crippen molar-refractivity contribution in [3.05, 3.63) is 53.1 Å². The average Bonchev–Trinajstić information content (AvgIpc) is 3.50. The molecular formula is C27H28F3N3O4. The van der Waals surface area contributed by atoms with Crippen molar-refractivity contribution in [3.8, 4) is 28.6 Å². The van der Waals surface area contributed by atoms with Crippen LogP contribution in [0, 0.1) is 5.92 Å². The summed E-state index contributed by atoms with van der Waals surface area (Å²) in [4.78, 5) is 18.0. The molecule has 0 saturated heterocycles. The third-order valence-electron chi connectivity index (χ3n) is 7.09. The van der Waals surface area contributed by atoms with E-state index in [9.17, 15) is 23.1 Å². The van der Waals surface area contributed by atoms with Crippen LogP contribution in [0.15, 0.2) is 40.9 Å². The van der Waals surface area contributed by atoms with Gasteiger partial charge in [0, 0.05) is 30.3 Å². The third kappa shape index (κ3) is 5.34. The molecular weight excluding hydrogens is 487 g/mol. The number of alkyl halides is 3. The van der Waals surface area contributed by atoms with E-state index >= 15 is 0 Å². The van der Waals surface area contributed by atoms with E-state index in [1.165, 1.54) is 17.7 Å². The molecule has 2 aliphatic rings. The zero-order valence-electron chi connectivity index (χ0n) is 20.6. The van der Waals surface area contributed by atoms with E-state index in [0.29, 0.717) is 24.7 Å². The number of benzene rings is 2. The molecule has 2 aromatic carbocycles. The van der Waals surface area contributed by atoms with Crippen LogP contribution in [0.1, 0.15) is 56.2 Å². The second-order valence-electron chi connectivity index (χ2n) is 10.0. The van der Waals surface area contributed by atoms with Gasteiger partial charge in [-0.1, -0.05) is 17.3 Å². The molecule has 1 aliphatic carbocycles. The van der Waals surface area contributed by atoms with Crippen LogP contribution in [0.3, 0.4) is 0 Å². The predicted molar refractivity (Wildman–Crippen MR) is 129 cm³/mol. The summed E-state index contributed by atoms with van der Waals surface area (Å²) in [5, 5.41) is 13.3. The summed E-state index contributed by atoms with van der Waals surface area (Å²) in [6.45, 7) is 4.89. The molecule has 1 aromatic heterocycles. The highest BCUT2D eigenvalue weighted by Gasteiger charge is 2.36. The molecule has 37 heavy (non-hydrogen) atoms. The van der Waals surface area contributed by atoms with Crippen LogP contribution >= 0.6 is 0 Å². The largest absolute Gasteiger partial charge is 0.490 e. The highest BCUT2D eigenvalue weighted by molar-refractivity contribution is 5.70. The van der Waals surface area contributed by atoms with Gasteiger partial charge in [0.1, 0.15) is 5.75 Å². The number of hydrogen-bond acceptors (Lipinski definition) is 6. The van der Waals surface area contributed by atoms with Crippen LogP contribution in [-0.4, -0.2) is 38.3 Å². The van der Waals surface area contributed by atoms with Gasteiger partial charge in [-0.3, -0.25) is 9.69 Å². The van der Waals surface area contributed by atoms with E-state index in [-0.39, 0.29) is 23.1 Å². The summed E-state index contributed by atoms with van der Waals surface area (Å²) in [6.07, 6.45) is -1.87. The first-order valence-electron chi connectivity index (χ1n) is 12.4. The van der Waals surface area contributed by atoms with Crippen molar-refractivity contribution < 1.29 is 32.3 Å². The first-order valence-corrected chi connectivity index (χ1v) is 12.4. The van der Waals surface area contributed by atoms with Gasteiger partial charge in [-0.25, -0.2) is 0 Å². The maximum atomic E-state index is 13.6. The van der Waals surface area contributed by atoms with Gasteiger partial charge in [0.25, 0.3) is 5.89 Å². The Kier molecular flexibility index (Phi) is 6.70. The molecule has 7 nitrogen and oxygen atoms in total. The van der Waals surface area contributed by atoms with Crippen molar-refractivity contribution in [1.29, 1.82) is 0 Å². The Labute approximate surface area is 212 Å². The lowest BCUT2D eigenvalue weighted by Crippen LogP contribution is -2.35. The number of halogens is 3. The second-order valence-corrected chi connectivity index (χ2v) is 10.0. The average molecular weight is 516 g/mol. The Morgan fingerprint density at radius 1 is 1.05 bits per heavy atom. The van der Waals surface area contributed by atoms with Gasteiger partial charge in [-0.05, 0) is 74.9 Å². The summed E-state index contributed by atoms with van der Waals surface area (Å²) in [6, 6.07) is 9.97. The van der Waals surface area contributed by atoms with E-state index in [1.807, 2.05) is 18.2 Å². The minimum Gasteiger partial charge on any atom is -0.490 e. The molecule has 0 amide bonds. The molecule has 196 valence electrons. The lowest BCUT2D eigenvalue weighted by Gasteiger charge is -2.33. The molecule has 1 fully saturated rings. The summed E-state index contributed by atoms with van der Waals surface area (Å²) in [5.41, 5.74) is 2.32. The molecule has 5 rings (SSSR count). The first-order chi connectivity index (χ1) is 17.6. The molecule has 0 bridgehead atoms. The zero-order chi connectivity index (χ0) is 26.3. The smallest absolute Gasteiger partial charge is 0.419 e. The normalized spacial score (nSPS) is 20.3. The molecule has 0 radical (unpaired) electrons. The van der Waals surface area contributed by atoms with Crippen molar-refractivity contribution in [3.63, 3.8) is 0 Å². The molecule has 1 N–H and O–H groups in total. The highest BCUT2D eigenvalue weighted by Crippen LogP contribution is 2.39. The molecule has 0 unspecified atom stereocenters. The molecule has 2 heterocycles. The number of carboxylic acids is 1. The SMILES string of the molecule is CC(C)Oc1ccc(-c2nc(-c3ccc4c(c3)CN(C3CCC(C(=O)O)CC3)C4)no2)cc1C(F)(F)F. The summed E-state index contributed by atoms with van der Waals surface area (Å²) >= 11 is 0. The van der Waals surface area contributed by atoms with E-state index in [1.54, 1.807) is 13.8 Å². The topological polar surface area (TPSA) is 88.7 Å². The van der Waals surface area contributed by atoms with Gasteiger partial charge >= 0.3 is 12.1 Å². The van der Waals surface area contributed by atoms with Gasteiger partial charge in [0.2, 0.25) is 5.82 Å². The number of carbonyl (C=O) groups is 1. The number of carboxylic acid groups (broad SMARTS) is 1. The van der Waals surface area contributed by atoms with Crippen LogP contribution in [0.2, 0.25) is 0 Å². The Bertz CT molecular complexity index is 1300. The van der Waals surface area contributed by atoms with E-state index in [4.69, 9.17) is 9.26 Å². The Hall–Kier alpha value is -3.40. The van der Waals surface area contributed by atoms with E-state index in [0.717, 1.165) is 43.1 Å². The fourth-order valence-corrected chi connectivity index (χ4v) is 5.21. The van der Waals surface area contributed by atoms with Crippen LogP contribution < -0.4 is 4.74 Å². The minimum absolute atomic E-state index is 0.00564. The second kappa shape index (κ2) is 9.81. The number of aliphatic carboxylic acids is 1. The number of rotatable bonds is 6. The Morgan fingerprint density at radius 2 is 1.76 bits per heavy atom. The Balaban J connectivity index is 1.33. The molecule has 0 spiro atoms. The summed E-state index contributed by atoms with van der Waals surface area (Å²) < 4.78 is 51.6. The van der Waals surface area contributed by atoms with Crippen LogP contribution in [-0.2, 0) is 24.1 Å². The summed E-state index contributed by atoms with van der Waals surface area (Å²) in [7, 11) is 0. The quantitative estimate of drug-likeness (QED) is 0.420. The number of fused-ring (bicyclic) bond motifs is 1. The number of hydrogen-bond donors (Lipinski definition) is 1. The maximum Gasteiger partial charge on any atom is 0.419 e. The molecule has 0 atom stereocenters. The molecule has 10 heteroatoms. The van der Waals surface area contributed by atoms with E-state index < -0.39 is 23.8 Å². The van der Waals surface area contributed by atoms with Crippen molar-refractivity contribution in [2.24, 2.45) is 5.92 Å². The molecule has 1 saturated carbocycles. The van der Waals surface area contributed by atoms with E-state index in [2.05, 4.69) is 15.0 Å². The number of aromatic nitrogens is 2. The lowest BCUT2D eigenvalue weighted by atomic mass is 9.85. The van der Waals surface area contributed by atoms with Crippen molar-refractivity contribution >= 4 is 5.97 Å². The maximum absolute atomic E-state index is 13.6. The van der Waals surface area contributed by atoms with Gasteiger partial charge in [-0.2, -0.15) is 18.2 Å². The van der Waals surface area contributed by atoms with Gasteiger partial charge in [-0.15, -0.1) is 0 Å². The predicted octanol–water partition coefficient (Wildman–Crippen LogP) is 6.17. The third-order valence-corrected chi connectivity index (χ3v) is 7.09. The highest BCUT2D eigenvalue weighted by atomic mass is 19.4. The van der Waals surface area contributed by atoms with Crippen molar-refractivity contribution in [2.45, 2.75) is 70.9 Å². The monoisotopic (exact) mass is 515 g/mol. The molecule has 1 aliphatic heterocycles. The van der Waals surface area contributed by atoms with Crippen LogP contribution in [0.4, 0.5) is 13.2 Å². The van der Waals surface area contributed by atoms with Crippen LogP contribution in [0.5, 0.6) is 5.75 Å². The van der Waals surface area contributed by atoms with Gasteiger partial charge in [0.05, 0.1) is 17.6 Å². The van der Waals surface area contributed by atoms with Gasteiger partial charge in [0.15, 0.2) is 0 Å². The lowest BCUT2D eigenvalue weighted by molar-refractivity contribution is -0.143. The fourth-order valence-electron chi connectivity index (χ4n) is 5.21. The van der Waals surface area contributed by atoms with Gasteiger partial charge < -0.3 is 14.4 Å². The Morgan fingerprint density at radius 3 is 2.43 bits per heavy atom. The van der Waals surface area contributed by atoms with Crippen molar-refractivity contribution in [2.75, 3.05) is 0 Å². The summed E-state index contributed by atoms with van der Waals surface area (Å²) in [5.74, 6) is -0.901. The number of ether oxygens (including phenoxy) is 1. The minimum atomic E-state index is -4.60.